The number of halogens is 1. The highest BCUT2D eigenvalue weighted by molar-refractivity contribution is 7.99. The standard InChI is InChI=1S/C20H21ClN2O4S2/c1-13(10-20(25)22-12-14-2-4-15(21)5-3-14)29(26,27)16-6-7-18-17(11-16)23-19(24)8-9-28-18/h2-7,11,13H,8-10,12H2,1H3,(H,22,25)(H,23,24)/t13-/m1/s1. The predicted molar refractivity (Wildman–Crippen MR) is 115 cm³/mol. The van der Waals surface area contributed by atoms with Gasteiger partial charge < -0.3 is 10.6 Å². The van der Waals surface area contributed by atoms with Crippen LogP contribution in [-0.4, -0.2) is 31.2 Å². The van der Waals surface area contributed by atoms with E-state index in [1.807, 2.05) is 0 Å². The molecule has 1 aliphatic rings. The van der Waals surface area contributed by atoms with E-state index in [2.05, 4.69) is 10.6 Å². The Hall–Kier alpha value is -2.03. The third-order valence-electron chi connectivity index (χ3n) is 4.55. The number of benzene rings is 2. The summed E-state index contributed by atoms with van der Waals surface area (Å²) < 4.78 is 25.8. The Morgan fingerprint density at radius 3 is 2.69 bits per heavy atom. The fraction of sp³-hybridized carbons (Fsp3) is 0.300. The topological polar surface area (TPSA) is 92.3 Å². The Morgan fingerprint density at radius 1 is 1.24 bits per heavy atom. The van der Waals surface area contributed by atoms with Gasteiger partial charge in [0.15, 0.2) is 9.84 Å². The number of anilines is 1. The lowest BCUT2D eigenvalue weighted by Crippen LogP contribution is -2.29. The first-order chi connectivity index (χ1) is 13.8. The van der Waals surface area contributed by atoms with E-state index in [4.69, 9.17) is 11.6 Å². The smallest absolute Gasteiger partial charge is 0.225 e. The summed E-state index contributed by atoms with van der Waals surface area (Å²) in [6.07, 6.45) is 0.222. The summed E-state index contributed by atoms with van der Waals surface area (Å²) in [5.41, 5.74) is 1.37. The Bertz CT molecular complexity index is 1020. The summed E-state index contributed by atoms with van der Waals surface area (Å²) >= 11 is 7.34. The molecule has 0 bridgehead atoms. The summed E-state index contributed by atoms with van der Waals surface area (Å²) in [6.45, 7) is 1.81. The highest BCUT2D eigenvalue weighted by atomic mass is 35.5. The van der Waals surface area contributed by atoms with Gasteiger partial charge in [0.2, 0.25) is 11.8 Å². The Kier molecular flexibility index (Phi) is 6.87. The van der Waals surface area contributed by atoms with Crippen molar-refractivity contribution in [2.45, 2.75) is 41.4 Å². The van der Waals surface area contributed by atoms with E-state index < -0.39 is 15.1 Å². The molecule has 2 N–H and O–H groups in total. The van der Waals surface area contributed by atoms with E-state index in [9.17, 15) is 18.0 Å². The lowest BCUT2D eigenvalue weighted by atomic mass is 10.2. The molecule has 0 radical (unpaired) electrons. The minimum atomic E-state index is -3.72. The van der Waals surface area contributed by atoms with Crippen LogP contribution in [0.2, 0.25) is 5.02 Å². The number of nitrogens with one attached hydrogen (secondary N) is 2. The van der Waals surface area contributed by atoms with Crippen molar-refractivity contribution in [3.05, 3.63) is 53.1 Å². The maximum Gasteiger partial charge on any atom is 0.225 e. The van der Waals surface area contributed by atoms with Crippen LogP contribution in [0.15, 0.2) is 52.3 Å². The zero-order valence-electron chi connectivity index (χ0n) is 15.8. The monoisotopic (exact) mass is 452 g/mol. The van der Waals surface area contributed by atoms with Gasteiger partial charge in [-0.15, -0.1) is 11.8 Å². The van der Waals surface area contributed by atoms with E-state index in [1.165, 1.54) is 30.8 Å². The highest BCUT2D eigenvalue weighted by Gasteiger charge is 2.27. The minimum Gasteiger partial charge on any atom is -0.352 e. The average molecular weight is 453 g/mol. The molecule has 9 heteroatoms. The third kappa shape index (κ3) is 5.52. The number of hydrogen-bond donors (Lipinski definition) is 2. The summed E-state index contributed by atoms with van der Waals surface area (Å²) in [5.74, 6) is 0.157. The fourth-order valence-electron chi connectivity index (χ4n) is 2.85. The molecule has 6 nitrogen and oxygen atoms in total. The van der Waals surface area contributed by atoms with Crippen molar-refractivity contribution in [1.82, 2.24) is 5.32 Å². The van der Waals surface area contributed by atoms with Crippen LogP contribution in [0.4, 0.5) is 5.69 Å². The molecular formula is C20H21ClN2O4S2. The Balaban J connectivity index is 1.66. The van der Waals surface area contributed by atoms with Crippen LogP contribution in [-0.2, 0) is 26.0 Å². The first-order valence-electron chi connectivity index (χ1n) is 9.07. The van der Waals surface area contributed by atoms with Crippen LogP contribution in [0.25, 0.3) is 0 Å². The summed E-state index contributed by atoms with van der Waals surface area (Å²) in [5, 5.41) is 5.18. The molecule has 0 spiro atoms. The van der Waals surface area contributed by atoms with Gasteiger partial charge in [-0.2, -0.15) is 0 Å². The van der Waals surface area contributed by atoms with Gasteiger partial charge in [0.1, 0.15) is 0 Å². The molecule has 0 saturated carbocycles. The average Bonchev–Trinajstić information content (AvgIpc) is 2.87. The second-order valence-corrected chi connectivity index (χ2v) is 10.7. The lowest BCUT2D eigenvalue weighted by Gasteiger charge is -2.15. The molecule has 3 rings (SSSR count). The van der Waals surface area contributed by atoms with E-state index in [-0.39, 0.29) is 23.1 Å². The SMILES string of the molecule is C[C@H](CC(=O)NCc1ccc(Cl)cc1)S(=O)(=O)c1ccc2c(c1)NC(=O)CCS2. The maximum atomic E-state index is 12.9. The molecule has 2 aromatic carbocycles. The molecule has 2 aromatic rings. The quantitative estimate of drug-likeness (QED) is 0.698. The number of carbonyl (C=O) groups is 2. The zero-order chi connectivity index (χ0) is 21.0. The molecule has 0 fully saturated rings. The van der Waals surface area contributed by atoms with Crippen LogP contribution in [0.3, 0.4) is 0 Å². The van der Waals surface area contributed by atoms with E-state index >= 15 is 0 Å². The molecule has 0 aromatic heterocycles. The number of rotatable bonds is 6. The molecule has 1 aliphatic heterocycles. The molecule has 29 heavy (non-hydrogen) atoms. The van der Waals surface area contributed by atoms with Crippen molar-refractivity contribution in [1.29, 1.82) is 0 Å². The lowest BCUT2D eigenvalue weighted by molar-refractivity contribution is -0.121. The van der Waals surface area contributed by atoms with E-state index in [0.29, 0.717) is 29.4 Å². The number of sulfone groups is 1. The van der Waals surface area contributed by atoms with Crippen LogP contribution < -0.4 is 10.6 Å². The van der Waals surface area contributed by atoms with Gasteiger partial charge in [0, 0.05) is 35.1 Å². The van der Waals surface area contributed by atoms with Crippen LogP contribution in [0, 0.1) is 0 Å². The maximum absolute atomic E-state index is 12.9. The molecule has 2 amide bonds. The molecular weight excluding hydrogens is 432 g/mol. The number of thioether (sulfide) groups is 1. The Morgan fingerprint density at radius 2 is 1.97 bits per heavy atom. The molecule has 1 atom stereocenters. The first kappa shape index (κ1) is 21.7. The second-order valence-electron chi connectivity index (χ2n) is 6.77. The van der Waals surface area contributed by atoms with Gasteiger partial charge in [-0.25, -0.2) is 8.42 Å². The second kappa shape index (κ2) is 9.19. The fourth-order valence-corrected chi connectivity index (χ4v) is 5.29. The van der Waals surface area contributed by atoms with Crippen molar-refractivity contribution in [3.8, 4) is 0 Å². The van der Waals surface area contributed by atoms with Gasteiger partial charge in [-0.3, -0.25) is 9.59 Å². The van der Waals surface area contributed by atoms with Gasteiger partial charge in [-0.05, 0) is 42.8 Å². The molecule has 0 aliphatic carbocycles. The first-order valence-corrected chi connectivity index (χ1v) is 12.0. The third-order valence-corrected chi connectivity index (χ3v) is 8.01. The van der Waals surface area contributed by atoms with Crippen LogP contribution >= 0.6 is 23.4 Å². The molecule has 0 saturated heterocycles. The van der Waals surface area contributed by atoms with Gasteiger partial charge in [-0.1, -0.05) is 23.7 Å². The van der Waals surface area contributed by atoms with E-state index in [0.717, 1.165) is 10.5 Å². The van der Waals surface area contributed by atoms with Crippen molar-refractivity contribution >= 4 is 50.7 Å². The summed E-state index contributed by atoms with van der Waals surface area (Å²) in [4.78, 5) is 24.9. The van der Waals surface area contributed by atoms with Crippen molar-refractivity contribution in [2.75, 3.05) is 11.1 Å². The van der Waals surface area contributed by atoms with Gasteiger partial charge in [0.25, 0.3) is 0 Å². The molecule has 0 unspecified atom stereocenters. The normalized spacial score (nSPS) is 15.0. The van der Waals surface area contributed by atoms with Gasteiger partial charge >= 0.3 is 0 Å². The predicted octanol–water partition coefficient (Wildman–Crippen LogP) is 3.64. The van der Waals surface area contributed by atoms with Crippen molar-refractivity contribution in [3.63, 3.8) is 0 Å². The van der Waals surface area contributed by atoms with Gasteiger partial charge in [0.05, 0.1) is 15.8 Å². The number of fused-ring (bicyclic) bond motifs is 1. The number of hydrogen-bond acceptors (Lipinski definition) is 5. The summed E-state index contributed by atoms with van der Waals surface area (Å²) in [6, 6.07) is 11.8. The Labute approximate surface area is 179 Å². The number of carbonyl (C=O) groups excluding carboxylic acids is 2. The minimum absolute atomic E-state index is 0.0945. The van der Waals surface area contributed by atoms with Crippen LogP contribution in [0.1, 0.15) is 25.3 Å². The largest absolute Gasteiger partial charge is 0.352 e. The van der Waals surface area contributed by atoms with E-state index in [1.54, 1.807) is 30.3 Å². The number of amides is 2. The molecule has 1 heterocycles. The highest BCUT2D eigenvalue weighted by Crippen LogP contribution is 2.33. The summed E-state index contributed by atoms with van der Waals surface area (Å²) in [7, 11) is -3.72. The molecule has 154 valence electrons. The van der Waals surface area contributed by atoms with Crippen molar-refractivity contribution < 1.29 is 18.0 Å². The van der Waals surface area contributed by atoms with Crippen LogP contribution in [0.5, 0.6) is 0 Å². The van der Waals surface area contributed by atoms with Crippen molar-refractivity contribution in [2.24, 2.45) is 0 Å². The zero-order valence-corrected chi connectivity index (χ0v) is 18.2.